The Hall–Kier alpha value is -4.34. The Kier molecular flexibility index (Phi) is 20.2. The van der Waals surface area contributed by atoms with Crippen LogP contribution in [0.3, 0.4) is 0 Å². The molecule has 4 rings (SSSR count). The van der Waals surface area contributed by atoms with E-state index in [1.165, 1.54) is 50.2 Å². The molecule has 0 fully saturated rings. The average molecular weight is 844 g/mol. The van der Waals surface area contributed by atoms with Crippen LogP contribution in [-0.2, 0) is 20.2 Å². The second-order valence-corrected chi connectivity index (χ2v) is 14.6. The van der Waals surface area contributed by atoms with E-state index in [1.807, 2.05) is 11.9 Å². The minimum absolute atomic E-state index is 0. The number of nitrogens with zero attached hydrogens (tertiary/aromatic N) is 5. The van der Waals surface area contributed by atoms with Crippen molar-refractivity contribution in [2.75, 3.05) is 33.4 Å². The zero-order valence-corrected chi connectivity index (χ0v) is 35.4. The molecule has 0 aliphatic heterocycles. The molecule has 0 saturated heterocycles. The van der Waals surface area contributed by atoms with Crippen molar-refractivity contribution in [3.05, 3.63) is 94.0 Å². The summed E-state index contributed by atoms with van der Waals surface area (Å²) < 4.78 is 68.5. The number of aromatic hydroxyl groups is 2. The van der Waals surface area contributed by atoms with Crippen molar-refractivity contribution in [3.8, 4) is 11.5 Å². The number of aromatic carboxylic acids is 2. The summed E-state index contributed by atoms with van der Waals surface area (Å²) in [4.78, 5) is 23.1. The first kappa shape index (κ1) is 51.7. The van der Waals surface area contributed by atoms with Gasteiger partial charge in [0.1, 0.15) is 21.3 Å². The Morgan fingerprint density at radius 3 is 1.26 bits per heavy atom. The van der Waals surface area contributed by atoms with E-state index in [0.717, 1.165) is 36.4 Å². The van der Waals surface area contributed by atoms with Crippen molar-refractivity contribution >= 4 is 67.1 Å². The third-order valence-electron chi connectivity index (χ3n) is 7.53. The van der Waals surface area contributed by atoms with E-state index in [0.29, 0.717) is 13.1 Å². The topological polar surface area (TPSA) is 323 Å². The van der Waals surface area contributed by atoms with E-state index in [-0.39, 0.29) is 107 Å². The Morgan fingerprint density at radius 1 is 0.638 bits per heavy atom. The number of hydrogen-bond donors (Lipinski definition) is 6. The van der Waals surface area contributed by atoms with Gasteiger partial charge in [0, 0.05) is 24.2 Å². The van der Waals surface area contributed by atoms with Crippen molar-refractivity contribution in [2.45, 2.75) is 23.6 Å². The summed E-state index contributed by atoms with van der Waals surface area (Å²) in [5.41, 5.74) is -1.24. The third-order valence-corrected chi connectivity index (χ3v) is 9.35. The molecule has 4 aromatic rings. The maximum Gasteiger partial charge on any atom is 1.00 e. The fourth-order valence-corrected chi connectivity index (χ4v) is 6.11. The number of carboxylic acids is 2. The van der Waals surface area contributed by atoms with E-state index in [9.17, 15) is 56.0 Å². The third kappa shape index (κ3) is 14.8. The summed E-state index contributed by atoms with van der Waals surface area (Å²) in [6, 6.07) is 11.5. The predicted octanol–water partition coefficient (Wildman–Crippen LogP) is -3.15. The smallest absolute Gasteiger partial charge is 0.545 e. The number of carbonyl (C=O) groups excluding carboxylic acids is 2. The van der Waals surface area contributed by atoms with Gasteiger partial charge in [0.25, 0.3) is 20.2 Å². The van der Waals surface area contributed by atoms with Crippen LogP contribution in [0.15, 0.2) is 90.9 Å². The number of benzene rings is 4. The molecule has 0 atom stereocenters. The van der Waals surface area contributed by atoms with Gasteiger partial charge in [0.2, 0.25) is 0 Å². The van der Waals surface area contributed by atoms with Crippen LogP contribution in [0.25, 0.3) is 12.2 Å². The second kappa shape index (κ2) is 22.7. The number of phenols is 2. The maximum absolute atomic E-state index is 12.2. The molecule has 6 N–H and O–H groups in total. The van der Waals surface area contributed by atoms with Gasteiger partial charge in [-0.1, -0.05) is 24.3 Å². The molecular formula is C35H35LiN5NaO14S2. The standard InChI is InChI=1S/C30H24N4O12S2.C5H13NO2.Li.Na/c1-15-9-21(11-23(27(15)35)29(37)38)33-31-19-7-5-17(25(13-19)47(41,42)43)3-4-18-6-8-20(14-26(18)48(44,45)46)32-34-22-10-16(2)28(36)24(12-22)30(39)40;1-6(2-4-7)3-5-8;;/h3-14,35-36H,1-2H3,(H,37,38)(H,39,40)(H,41,42,43)(H,44,45,46);7-8H,2-5H2,1H3;;/q;;2*+1/p-2/b4-3+,33-31?,34-32?;;;. The quantitative estimate of drug-likeness (QED) is 0.0316. The molecular weight excluding hydrogens is 808 g/mol. The van der Waals surface area contributed by atoms with Crippen LogP contribution in [0.2, 0.25) is 0 Å². The molecule has 0 aliphatic rings. The average Bonchev–Trinajstić information content (AvgIpc) is 3.11. The largest absolute Gasteiger partial charge is 1.00 e. The second-order valence-electron chi connectivity index (χ2n) is 11.8. The van der Waals surface area contributed by atoms with Crippen molar-refractivity contribution in [3.63, 3.8) is 0 Å². The van der Waals surface area contributed by atoms with E-state index < -0.39 is 64.6 Å². The zero-order chi connectivity index (χ0) is 42.0. The van der Waals surface area contributed by atoms with Crippen LogP contribution in [-0.4, -0.2) is 96.6 Å². The summed E-state index contributed by atoms with van der Waals surface area (Å²) in [5.74, 6) is -4.36. The van der Waals surface area contributed by atoms with Gasteiger partial charge >= 0.3 is 48.4 Å². The molecule has 0 heterocycles. The SMILES string of the molecule is CN(CCO)CCO.Cc1cc(N=Nc2ccc(/C=C/c3ccc(N=Nc4cc(C)c(O)c(C(=O)[O-])c4)cc3S(=O)(=O)O)c(S(=O)(=O)O)c2)cc(C(=O)[O-])c1O.[Li+].[Na+]. The monoisotopic (exact) mass is 843 g/mol. The molecule has 0 aromatic heterocycles. The summed E-state index contributed by atoms with van der Waals surface area (Å²) in [5, 5.41) is 74.3. The van der Waals surface area contributed by atoms with Crippen molar-refractivity contribution in [1.29, 1.82) is 0 Å². The van der Waals surface area contributed by atoms with E-state index in [2.05, 4.69) is 20.5 Å². The fraction of sp³-hybridized carbons (Fsp3) is 0.200. The van der Waals surface area contributed by atoms with E-state index >= 15 is 0 Å². The van der Waals surface area contributed by atoms with E-state index in [4.69, 9.17) is 10.2 Å². The van der Waals surface area contributed by atoms with Gasteiger partial charge in [-0.05, 0) is 91.7 Å². The van der Waals surface area contributed by atoms with Crippen molar-refractivity contribution in [1.82, 2.24) is 4.90 Å². The molecule has 298 valence electrons. The summed E-state index contributed by atoms with van der Waals surface area (Å²) in [6.07, 6.45) is 2.26. The minimum atomic E-state index is -4.89. The van der Waals surface area contributed by atoms with Crippen molar-refractivity contribution < 1.29 is 115 Å². The number of hydrogen-bond acceptors (Lipinski definition) is 17. The number of aliphatic hydroxyl groups is 2. The van der Waals surface area contributed by atoms with E-state index in [1.54, 1.807) is 0 Å². The van der Waals surface area contributed by atoms with Gasteiger partial charge in [-0.3, -0.25) is 9.11 Å². The normalized spacial score (nSPS) is 11.7. The van der Waals surface area contributed by atoms with Gasteiger partial charge in [-0.25, -0.2) is 0 Å². The summed E-state index contributed by atoms with van der Waals surface area (Å²) in [6.45, 7) is 4.44. The zero-order valence-electron chi connectivity index (χ0n) is 31.8. The number of rotatable bonds is 14. The molecule has 23 heteroatoms. The Bertz CT molecular complexity index is 2280. The van der Waals surface area contributed by atoms with Gasteiger partial charge in [-0.15, -0.1) is 0 Å². The van der Waals surface area contributed by atoms with Crippen LogP contribution in [0.4, 0.5) is 22.7 Å². The maximum atomic E-state index is 12.2. The summed E-state index contributed by atoms with van der Waals surface area (Å²) >= 11 is 0. The molecule has 0 bridgehead atoms. The number of likely N-dealkylation sites (N-methyl/N-ethyl adjacent to an activating group) is 1. The molecule has 0 radical (unpaired) electrons. The van der Waals surface area contributed by atoms with Gasteiger partial charge in [0.15, 0.2) is 0 Å². The Balaban J connectivity index is 0.00000152. The number of aryl methyl sites for hydroxylation is 2. The van der Waals surface area contributed by atoms with Crippen LogP contribution in [0, 0.1) is 13.8 Å². The fourth-order valence-electron chi connectivity index (χ4n) is 4.70. The first-order valence-electron chi connectivity index (χ1n) is 15.9. The van der Waals surface area contributed by atoms with Gasteiger partial charge < -0.3 is 45.1 Å². The van der Waals surface area contributed by atoms with Crippen LogP contribution in [0.5, 0.6) is 11.5 Å². The minimum Gasteiger partial charge on any atom is -0.545 e. The molecule has 0 aliphatic carbocycles. The molecule has 19 nitrogen and oxygen atoms in total. The van der Waals surface area contributed by atoms with Crippen LogP contribution in [0.1, 0.15) is 43.0 Å². The van der Waals surface area contributed by atoms with Gasteiger partial charge in [-0.2, -0.15) is 37.3 Å². The predicted molar refractivity (Wildman–Crippen MR) is 196 cm³/mol. The molecule has 0 saturated carbocycles. The Labute approximate surface area is 367 Å². The molecule has 0 amide bonds. The first-order valence-corrected chi connectivity index (χ1v) is 18.8. The number of carboxylic acid groups (broad SMARTS) is 2. The number of aliphatic hydroxyl groups excluding tert-OH is 2. The molecule has 0 spiro atoms. The van der Waals surface area contributed by atoms with Crippen LogP contribution < -0.4 is 58.6 Å². The Morgan fingerprint density at radius 2 is 0.966 bits per heavy atom. The number of carbonyl (C=O) groups is 2. The molecule has 0 unspecified atom stereocenters. The van der Waals surface area contributed by atoms with Crippen LogP contribution >= 0.6 is 0 Å². The first-order chi connectivity index (χ1) is 26.2. The van der Waals surface area contributed by atoms with Crippen molar-refractivity contribution in [2.24, 2.45) is 20.5 Å². The number of azo groups is 2. The summed E-state index contributed by atoms with van der Waals surface area (Å²) in [7, 11) is -7.93. The molecule has 58 heavy (non-hydrogen) atoms. The van der Waals surface area contributed by atoms with Gasteiger partial charge in [0.05, 0.1) is 47.9 Å². The molecule has 4 aromatic carbocycles.